The molecule has 5 rings (SSSR count). The zero-order valence-corrected chi connectivity index (χ0v) is 24.9. The van der Waals surface area contributed by atoms with E-state index >= 15 is 0 Å². The maximum absolute atomic E-state index is 13.9. The molecule has 0 atom stereocenters. The van der Waals surface area contributed by atoms with Gasteiger partial charge in [0.25, 0.3) is 0 Å². The molecule has 2 heterocycles. The van der Waals surface area contributed by atoms with Gasteiger partial charge >= 0.3 is 5.82 Å². The number of aromatic nitrogens is 3. The SMILES string of the molecule is CCCCCCCCn1c2ccc(C=O)cc2c2cc(/C=C(/C(=O)c3ccc(C)cc3)n3c([N+](=O)[O-])cnc3C)ccc21. The fourth-order valence-electron chi connectivity index (χ4n) is 5.69. The van der Waals surface area contributed by atoms with Gasteiger partial charge in [0.15, 0.2) is 11.5 Å². The number of aryl methyl sites for hydroxylation is 3. The van der Waals surface area contributed by atoms with Crippen LogP contribution >= 0.6 is 0 Å². The molecule has 0 unspecified atom stereocenters. The first-order chi connectivity index (χ1) is 20.8. The molecule has 0 N–H and O–H groups in total. The molecule has 220 valence electrons. The number of imidazole rings is 1. The van der Waals surface area contributed by atoms with Crippen LogP contribution in [0.3, 0.4) is 0 Å². The molecule has 8 nitrogen and oxygen atoms in total. The minimum Gasteiger partial charge on any atom is -0.358 e. The van der Waals surface area contributed by atoms with Crippen molar-refractivity contribution in [3.05, 3.63) is 105 Å². The minimum absolute atomic E-state index is 0.134. The number of hydrogen-bond acceptors (Lipinski definition) is 5. The van der Waals surface area contributed by atoms with Crippen LogP contribution in [0.25, 0.3) is 33.6 Å². The maximum Gasteiger partial charge on any atom is 0.348 e. The normalized spacial score (nSPS) is 11.8. The van der Waals surface area contributed by atoms with Crippen molar-refractivity contribution < 1.29 is 14.5 Å². The zero-order valence-electron chi connectivity index (χ0n) is 24.9. The highest BCUT2D eigenvalue weighted by atomic mass is 16.6. The Balaban J connectivity index is 1.63. The zero-order chi connectivity index (χ0) is 30.5. The summed E-state index contributed by atoms with van der Waals surface area (Å²) in [5, 5.41) is 13.8. The summed E-state index contributed by atoms with van der Waals surface area (Å²) in [7, 11) is 0. The van der Waals surface area contributed by atoms with Gasteiger partial charge in [0.2, 0.25) is 5.78 Å². The van der Waals surface area contributed by atoms with Crippen molar-refractivity contribution in [3.8, 4) is 0 Å². The van der Waals surface area contributed by atoms with Crippen LogP contribution in [-0.2, 0) is 6.54 Å². The van der Waals surface area contributed by atoms with Crippen molar-refractivity contribution in [2.75, 3.05) is 0 Å². The molecular weight excluding hydrogens is 540 g/mol. The molecule has 2 aromatic heterocycles. The Bertz CT molecular complexity index is 1840. The van der Waals surface area contributed by atoms with Gasteiger partial charge in [-0.3, -0.25) is 9.59 Å². The monoisotopic (exact) mass is 576 g/mol. The van der Waals surface area contributed by atoms with E-state index in [4.69, 9.17) is 0 Å². The van der Waals surface area contributed by atoms with Gasteiger partial charge < -0.3 is 14.7 Å². The number of unbranched alkanes of at least 4 members (excludes halogenated alkanes) is 5. The lowest BCUT2D eigenvalue weighted by Gasteiger charge is -2.09. The van der Waals surface area contributed by atoms with E-state index < -0.39 is 4.92 Å². The second-order valence-electron chi connectivity index (χ2n) is 11.1. The Morgan fingerprint density at radius 3 is 2.16 bits per heavy atom. The smallest absolute Gasteiger partial charge is 0.348 e. The van der Waals surface area contributed by atoms with Gasteiger partial charge in [0.1, 0.15) is 12.5 Å². The van der Waals surface area contributed by atoms with Crippen molar-refractivity contribution in [3.63, 3.8) is 0 Å². The van der Waals surface area contributed by atoms with Gasteiger partial charge in [0, 0.05) is 46.4 Å². The predicted octanol–water partition coefficient (Wildman–Crippen LogP) is 8.57. The van der Waals surface area contributed by atoms with Crippen molar-refractivity contribution >= 4 is 51.5 Å². The molecule has 0 aliphatic carbocycles. The van der Waals surface area contributed by atoms with E-state index in [2.05, 4.69) is 16.5 Å². The van der Waals surface area contributed by atoms with Gasteiger partial charge in [-0.15, -0.1) is 0 Å². The average molecular weight is 577 g/mol. The number of nitro groups is 1. The number of benzene rings is 3. The first kappa shape index (κ1) is 29.6. The standard InChI is InChI=1S/C35H36N4O4/c1-4-5-6-7-8-9-18-37-31-16-12-26(19-29(31)30-20-27(23-40)13-17-32(30)37)21-33(35(41)28-14-10-24(2)11-15-28)38-25(3)36-22-34(38)39(42)43/h10-17,19-23H,4-9,18H2,1-3H3/b33-21-. The van der Waals surface area contributed by atoms with E-state index in [1.807, 2.05) is 55.5 Å². The average Bonchev–Trinajstić information content (AvgIpc) is 3.54. The largest absolute Gasteiger partial charge is 0.358 e. The second kappa shape index (κ2) is 13.0. The number of carbonyl (C=O) groups is 2. The van der Waals surface area contributed by atoms with Gasteiger partial charge in [-0.2, -0.15) is 4.57 Å². The van der Waals surface area contributed by atoms with Gasteiger partial charge in [0.05, 0.1) is 0 Å². The number of nitrogens with zero attached hydrogens (tertiary/aromatic N) is 4. The molecule has 43 heavy (non-hydrogen) atoms. The molecule has 0 saturated heterocycles. The lowest BCUT2D eigenvalue weighted by molar-refractivity contribution is -0.390. The van der Waals surface area contributed by atoms with Gasteiger partial charge in [-0.25, -0.2) is 4.98 Å². The summed E-state index contributed by atoms with van der Waals surface area (Å²) in [6.07, 6.45) is 10.9. The number of aldehydes is 1. The van der Waals surface area contributed by atoms with Crippen LogP contribution in [0, 0.1) is 24.0 Å². The number of allylic oxidation sites excluding steroid dienone is 1. The summed E-state index contributed by atoms with van der Waals surface area (Å²) in [5.41, 5.74) is 4.95. The molecule has 0 bridgehead atoms. The minimum atomic E-state index is -0.531. The van der Waals surface area contributed by atoms with Crippen LogP contribution in [0.4, 0.5) is 5.82 Å². The molecule has 0 radical (unpaired) electrons. The molecule has 0 amide bonds. The Morgan fingerprint density at radius 2 is 1.51 bits per heavy atom. The van der Waals surface area contributed by atoms with E-state index in [1.165, 1.54) is 36.4 Å². The number of Topliss-reactive ketones (excluding diaryl/α,β-unsaturated/α-hetero) is 1. The topological polar surface area (TPSA) is 100 Å². The van der Waals surface area contributed by atoms with Crippen LogP contribution < -0.4 is 0 Å². The van der Waals surface area contributed by atoms with Crippen LogP contribution in [0.15, 0.2) is 66.9 Å². The highest BCUT2D eigenvalue weighted by Gasteiger charge is 2.27. The fraction of sp³-hybridized carbons (Fsp3) is 0.286. The first-order valence-electron chi connectivity index (χ1n) is 14.9. The summed E-state index contributed by atoms with van der Waals surface area (Å²) < 4.78 is 3.61. The van der Waals surface area contributed by atoms with Crippen LogP contribution in [0.2, 0.25) is 0 Å². The number of rotatable bonds is 13. The Labute approximate surface area is 250 Å². The Kier molecular flexibility index (Phi) is 8.95. The van der Waals surface area contributed by atoms with E-state index in [0.29, 0.717) is 22.5 Å². The summed E-state index contributed by atoms with van der Waals surface area (Å²) in [6.45, 7) is 6.65. The van der Waals surface area contributed by atoms with Crippen LogP contribution in [0.1, 0.15) is 83.1 Å². The molecular formula is C35H36N4O4. The third-order valence-electron chi connectivity index (χ3n) is 7.98. The van der Waals surface area contributed by atoms with Crippen LogP contribution in [-0.4, -0.2) is 31.1 Å². The third-order valence-corrected chi connectivity index (χ3v) is 7.98. The van der Waals surface area contributed by atoms with Crippen molar-refractivity contribution in [1.29, 1.82) is 0 Å². The number of ketones is 1. The number of hydrogen-bond donors (Lipinski definition) is 0. The predicted molar refractivity (Wildman–Crippen MR) is 172 cm³/mol. The summed E-state index contributed by atoms with van der Waals surface area (Å²) in [4.78, 5) is 41.1. The quantitative estimate of drug-likeness (QED) is 0.0349. The Hall–Kier alpha value is -4.85. The third kappa shape index (κ3) is 6.18. The Morgan fingerprint density at radius 1 is 0.884 bits per heavy atom. The van der Waals surface area contributed by atoms with Crippen molar-refractivity contribution in [2.24, 2.45) is 0 Å². The molecule has 0 spiro atoms. The molecule has 0 saturated carbocycles. The van der Waals surface area contributed by atoms with Gasteiger partial charge in [-0.05, 0) is 60.2 Å². The lowest BCUT2D eigenvalue weighted by Crippen LogP contribution is -2.13. The van der Waals surface area contributed by atoms with Crippen LogP contribution in [0.5, 0.6) is 0 Å². The van der Waals surface area contributed by atoms with Crippen molar-refractivity contribution in [1.82, 2.24) is 14.1 Å². The lowest BCUT2D eigenvalue weighted by atomic mass is 10.0. The van der Waals surface area contributed by atoms with E-state index in [-0.39, 0.29) is 17.3 Å². The summed E-state index contributed by atoms with van der Waals surface area (Å²) in [5.74, 6) is -0.292. The van der Waals surface area contributed by atoms with Gasteiger partial charge in [-0.1, -0.05) is 74.9 Å². The highest BCUT2D eigenvalue weighted by molar-refractivity contribution is 6.28. The molecule has 0 aliphatic heterocycles. The van der Waals surface area contributed by atoms with E-state index in [1.54, 1.807) is 25.1 Å². The summed E-state index contributed by atoms with van der Waals surface area (Å²) in [6, 6.07) is 18.8. The second-order valence-corrected chi connectivity index (χ2v) is 11.1. The fourth-order valence-corrected chi connectivity index (χ4v) is 5.69. The molecule has 3 aromatic carbocycles. The molecule has 0 fully saturated rings. The molecule has 0 aliphatic rings. The summed E-state index contributed by atoms with van der Waals surface area (Å²) >= 11 is 0. The number of fused-ring (bicyclic) bond motifs is 3. The maximum atomic E-state index is 13.9. The number of carbonyl (C=O) groups excluding carboxylic acids is 2. The molecule has 8 heteroatoms. The first-order valence-corrected chi connectivity index (χ1v) is 14.9. The van der Waals surface area contributed by atoms with Crippen molar-refractivity contribution in [2.45, 2.75) is 65.8 Å². The highest BCUT2D eigenvalue weighted by Crippen LogP contribution is 2.33. The van der Waals surface area contributed by atoms with E-state index in [9.17, 15) is 19.7 Å². The molecule has 5 aromatic rings. The van der Waals surface area contributed by atoms with E-state index in [0.717, 1.165) is 53.0 Å².